The van der Waals surface area contributed by atoms with E-state index in [4.69, 9.17) is 28.2 Å². The minimum atomic E-state index is 0. The molecule has 1 saturated carbocycles. The molecule has 1 heterocycles. The van der Waals surface area contributed by atoms with Gasteiger partial charge in [-0.3, -0.25) is 9.79 Å². The Kier molecular flexibility index (Phi) is 8.60. The van der Waals surface area contributed by atoms with E-state index in [1.807, 2.05) is 24.1 Å². The molecule has 0 radical (unpaired) electrons. The van der Waals surface area contributed by atoms with E-state index in [-0.39, 0.29) is 24.5 Å². The molecule has 8 heteroatoms. The average Bonchev–Trinajstić information content (AvgIpc) is 2.97. The van der Waals surface area contributed by atoms with Crippen molar-refractivity contribution in [1.82, 2.24) is 9.80 Å². The molecule has 0 N–H and O–H groups in total. The highest BCUT2D eigenvalue weighted by atomic mass is 35.5. The van der Waals surface area contributed by atoms with Crippen molar-refractivity contribution in [2.75, 3.05) is 12.8 Å². The molecule has 150 valence electrons. The number of hydrogen-bond donors (Lipinski definition) is 0. The van der Waals surface area contributed by atoms with Gasteiger partial charge in [0.1, 0.15) is 6.17 Å². The fourth-order valence-corrected chi connectivity index (χ4v) is 5.12. The molecule has 1 aliphatic carbocycles. The molecule has 27 heavy (non-hydrogen) atoms. The molecule has 2 aliphatic rings. The Morgan fingerprint density at radius 3 is 2.59 bits per heavy atom. The Bertz CT molecular complexity index is 695. The van der Waals surface area contributed by atoms with Crippen molar-refractivity contribution in [2.45, 2.75) is 57.8 Å². The zero-order chi connectivity index (χ0) is 18.7. The summed E-state index contributed by atoms with van der Waals surface area (Å²) in [5.41, 5.74) is 0.977. The number of carbonyl (C=O) groups excluding carboxylic acids is 1. The Hall–Kier alpha value is -0.620. The first-order chi connectivity index (χ1) is 12.5. The van der Waals surface area contributed by atoms with Crippen LogP contribution in [0, 0.1) is 0 Å². The van der Waals surface area contributed by atoms with Crippen LogP contribution >= 0.6 is 47.4 Å². The highest BCUT2D eigenvalue weighted by molar-refractivity contribution is 8.14. The number of carbonyl (C=O) groups is 1. The number of aliphatic imine (C=N–C) groups is 1. The number of amidine groups is 1. The first kappa shape index (κ1) is 22.7. The standard InChI is InChI=1S/C19H25Cl2N3OS.ClH/c1-13(25)24(11-14-8-9-16(20)17(21)10-14)18-12-26-19(23(18)2)22-15-6-4-3-5-7-15;/h8-10,15,18H,3-7,11-12H2,1-2H3;1H. The maximum absolute atomic E-state index is 12.3. The molecule has 1 aromatic carbocycles. The number of nitrogens with zero attached hydrogens (tertiary/aromatic N) is 3. The highest BCUT2D eigenvalue weighted by Crippen LogP contribution is 2.30. The summed E-state index contributed by atoms with van der Waals surface area (Å²) < 4.78 is 0. The first-order valence-corrected chi connectivity index (χ1v) is 10.8. The van der Waals surface area contributed by atoms with E-state index in [0.717, 1.165) is 16.5 Å². The lowest BCUT2D eigenvalue weighted by atomic mass is 9.96. The summed E-state index contributed by atoms with van der Waals surface area (Å²) in [5, 5.41) is 2.10. The summed E-state index contributed by atoms with van der Waals surface area (Å²) in [6.07, 6.45) is 6.25. The van der Waals surface area contributed by atoms with Crippen molar-refractivity contribution in [3.05, 3.63) is 33.8 Å². The normalized spacial score (nSPS) is 22.0. The minimum Gasteiger partial charge on any atom is -0.333 e. The van der Waals surface area contributed by atoms with Crippen LogP contribution in [-0.2, 0) is 11.3 Å². The van der Waals surface area contributed by atoms with Crippen molar-refractivity contribution in [2.24, 2.45) is 4.99 Å². The summed E-state index contributed by atoms with van der Waals surface area (Å²) in [6, 6.07) is 5.97. The lowest BCUT2D eigenvalue weighted by Crippen LogP contribution is -2.47. The van der Waals surface area contributed by atoms with Crippen LogP contribution in [0.1, 0.15) is 44.6 Å². The van der Waals surface area contributed by atoms with Crippen molar-refractivity contribution in [3.63, 3.8) is 0 Å². The largest absolute Gasteiger partial charge is 0.333 e. The quantitative estimate of drug-likeness (QED) is 0.611. The van der Waals surface area contributed by atoms with Crippen LogP contribution in [0.2, 0.25) is 10.0 Å². The van der Waals surface area contributed by atoms with Crippen LogP contribution in [0.5, 0.6) is 0 Å². The van der Waals surface area contributed by atoms with Crippen molar-refractivity contribution in [3.8, 4) is 0 Å². The maximum atomic E-state index is 12.3. The van der Waals surface area contributed by atoms with E-state index < -0.39 is 0 Å². The lowest BCUT2D eigenvalue weighted by Gasteiger charge is -2.33. The second-order valence-electron chi connectivity index (χ2n) is 7.00. The molecular formula is C19H26Cl3N3OS. The third kappa shape index (κ3) is 5.69. The average molecular weight is 451 g/mol. The number of halogens is 3. The van der Waals surface area contributed by atoms with E-state index >= 15 is 0 Å². The van der Waals surface area contributed by atoms with Gasteiger partial charge in [0.2, 0.25) is 5.91 Å². The van der Waals surface area contributed by atoms with Crippen molar-refractivity contribution in [1.29, 1.82) is 0 Å². The zero-order valence-electron chi connectivity index (χ0n) is 15.7. The molecule has 1 saturated heterocycles. The van der Waals surface area contributed by atoms with E-state index in [1.54, 1.807) is 24.8 Å². The van der Waals surface area contributed by atoms with Crippen molar-refractivity contribution >= 4 is 58.4 Å². The lowest BCUT2D eigenvalue weighted by molar-refractivity contribution is -0.133. The molecule has 4 nitrogen and oxygen atoms in total. The molecule has 0 spiro atoms. The van der Waals surface area contributed by atoms with Gasteiger partial charge in [0.05, 0.1) is 16.1 Å². The molecule has 0 aromatic heterocycles. The Morgan fingerprint density at radius 2 is 1.96 bits per heavy atom. The molecule has 1 amide bonds. The second kappa shape index (κ2) is 10.2. The maximum Gasteiger partial charge on any atom is 0.221 e. The van der Waals surface area contributed by atoms with Crippen LogP contribution in [0.4, 0.5) is 0 Å². The van der Waals surface area contributed by atoms with Gasteiger partial charge in [-0.25, -0.2) is 0 Å². The van der Waals surface area contributed by atoms with Crippen LogP contribution < -0.4 is 0 Å². The van der Waals surface area contributed by atoms with Gasteiger partial charge < -0.3 is 9.80 Å². The molecule has 1 unspecified atom stereocenters. The number of rotatable bonds is 4. The molecule has 3 rings (SSSR count). The SMILES string of the molecule is CC(=O)N(Cc1ccc(Cl)c(Cl)c1)C1CSC(=NC2CCCCC2)N1C.Cl. The topological polar surface area (TPSA) is 35.9 Å². The second-order valence-corrected chi connectivity index (χ2v) is 8.80. The number of thioether (sulfide) groups is 1. The minimum absolute atomic E-state index is 0. The predicted octanol–water partition coefficient (Wildman–Crippen LogP) is 5.46. The van der Waals surface area contributed by atoms with Gasteiger partial charge in [0.15, 0.2) is 5.17 Å². The molecule has 0 bridgehead atoms. The third-order valence-electron chi connectivity index (χ3n) is 5.08. The Balaban J connectivity index is 0.00000261. The fraction of sp³-hybridized carbons (Fsp3) is 0.579. The summed E-state index contributed by atoms with van der Waals surface area (Å²) in [4.78, 5) is 21.3. The van der Waals surface area contributed by atoms with Crippen molar-refractivity contribution < 1.29 is 4.79 Å². The van der Waals surface area contributed by atoms with Gasteiger partial charge in [0, 0.05) is 26.3 Å². The first-order valence-electron chi connectivity index (χ1n) is 9.10. The third-order valence-corrected chi connectivity index (χ3v) is 6.93. The molecule has 1 aromatic rings. The molecule has 1 atom stereocenters. The summed E-state index contributed by atoms with van der Waals surface area (Å²) in [7, 11) is 2.04. The van der Waals surface area contributed by atoms with Crippen LogP contribution in [0.15, 0.2) is 23.2 Å². The monoisotopic (exact) mass is 449 g/mol. The number of amides is 1. The van der Waals surface area contributed by atoms with E-state index in [2.05, 4.69) is 4.90 Å². The Morgan fingerprint density at radius 1 is 1.26 bits per heavy atom. The number of hydrogen-bond acceptors (Lipinski definition) is 3. The van der Waals surface area contributed by atoms with E-state index in [0.29, 0.717) is 22.6 Å². The zero-order valence-corrected chi connectivity index (χ0v) is 18.8. The molecule has 2 fully saturated rings. The number of benzene rings is 1. The van der Waals surface area contributed by atoms with Crippen LogP contribution in [-0.4, -0.2) is 45.9 Å². The fourth-order valence-electron chi connectivity index (χ4n) is 3.55. The molecule has 1 aliphatic heterocycles. The van der Waals surface area contributed by atoms with Gasteiger partial charge in [-0.1, -0.05) is 60.3 Å². The van der Waals surface area contributed by atoms with Gasteiger partial charge in [-0.2, -0.15) is 0 Å². The van der Waals surface area contributed by atoms with Gasteiger partial charge in [-0.05, 0) is 30.5 Å². The predicted molar refractivity (Wildman–Crippen MR) is 118 cm³/mol. The summed E-state index contributed by atoms with van der Waals surface area (Å²) >= 11 is 13.9. The molecular weight excluding hydrogens is 425 g/mol. The van der Waals surface area contributed by atoms with Crippen LogP contribution in [0.25, 0.3) is 0 Å². The van der Waals surface area contributed by atoms with Gasteiger partial charge in [-0.15, -0.1) is 12.4 Å². The van der Waals surface area contributed by atoms with Gasteiger partial charge >= 0.3 is 0 Å². The van der Waals surface area contributed by atoms with E-state index in [9.17, 15) is 4.79 Å². The summed E-state index contributed by atoms with van der Waals surface area (Å²) in [6.45, 7) is 2.13. The Labute approximate surface area is 182 Å². The van der Waals surface area contributed by atoms with Gasteiger partial charge in [0.25, 0.3) is 0 Å². The highest BCUT2D eigenvalue weighted by Gasteiger charge is 2.34. The smallest absolute Gasteiger partial charge is 0.221 e. The van der Waals surface area contributed by atoms with Crippen LogP contribution in [0.3, 0.4) is 0 Å². The van der Waals surface area contributed by atoms with E-state index in [1.165, 1.54) is 32.1 Å². The summed E-state index contributed by atoms with van der Waals surface area (Å²) in [5.74, 6) is 0.885.